The molecule has 7 nitrogen and oxygen atoms in total. The van der Waals surface area contributed by atoms with Crippen LogP contribution in [0.5, 0.6) is 11.5 Å². The van der Waals surface area contributed by atoms with Crippen LogP contribution in [0.25, 0.3) is 0 Å². The molecule has 32 heavy (non-hydrogen) atoms. The maximum absolute atomic E-state index is 12.6. The molecule has 8 heteroatoms. The minimum Gasteiger partial charge on any atom is -0.494 e. The first kappa shape index (κ1) is 24.1. The van der Waals surface area contributed by atoms with E-state index in [-0.39, 0.29) is 24.3 Å². The van der Waals surface area contributed by atoms with Gasteiger partial charge in [0.25, 0.3) is 0 Å². The third-order valence-electron chi connectivity index (χ3n) is 5.41. The molecule has 174 valence electrons. The maximum atomic E-state index is 12.6. The number of carbonyl (C=O) groups excluding carboxylic acids is 2. The van der Waals surface area contributed by atoms with Gasteiger partial charge in [-0.3, -0.25) is 14.5 Å². The lowest BCUT2D eigenvalue weighted by atomic mass is 9.96. The average Bonchev–Trinajstić information content (AvgIpc) is 3.30. The van der Waals surface area contributed by atoms with E-state index in [9.17, 15) is 9.59 Å². The van der Waals surface area contributed by atoms with Crippen LogP contribution in [0.4, 0.5) is 5.69 Å². The molecule has 0 unspecified atom stereocenters. The van der Waals surface area contributed by atoms with Gasteiger partial charge < -0.3 is 20.1 Å². The second-order valence-electron chi connectivity index (χ2n) is 7.74. The zero-order valence-corrected chi connectivity index (χ0v) is 19.7. The zero-order chi connectivity index (χ0) is 22.8. The Bertz CT molecular complexity index is 864. The number of nitrogens with zero attached hydrogens (tertiary/aromatic N) is 1. The van der Waals surface area contributed by atoms with Crippen molar-refractivity contribution in [2.75, 3.05) is 44.7 Å². The number of ether oxygens (including phenoxy) is 2. The quantitative estimate of drug-likeness (QED) is 0.537. The molecule has 2 heterocycles. The van der Waals surface area contributed by atoms with Crippen molar-refractivity contribution in [1.29, 1.82) is 0 Å². The fraction of sp³-hybridized carbons (Fsp3) is 0.500. The van der Waals surface area contributed by atoms with Gasteiger partial charge in [0.2, 0.25) is 11.8 Å². The second kappa shape index (κ2) is 12.5. The maximum Gasteiger partial charge on any atom is 0.238 e. The Kier molecular flexibility index (Phi) is 9.37. The first-order valence-corrected chi connectivity index (χ1v) is 12.2. The van der Waals surface area contributed by atoms with Crippen LogP contribution in [0.15, 0.2) is 35.7 Å². The van der Waals surface area contributed by atoms with Crippen LogP contribution in [0, 0.1) is 5.92 Å². The Morgan fingerprint density at radius 3 is 2.59 bits per heavy atom. The summed E-state index contributed by atoms with van der Waals surface area (Å²) in [5, 5.41) is 8.06. The largest absolute Gasteiger partial charge is 0.494 e. The predicted octanol–water partition coefficient (Wildman–Crippen LogP) is 3.55. The number of nitrogens with one attached hydrogen (secondary N) is 2. The van der Waals surface area contributed by atoms with Crippen molar-refractivity contribution < 1.29 is 19.1 Å². The molecule has 0 saturated carbocycles. The van der Waals surface area contributed by atoms with E-state index < -0.39 is 0 Å². The molecule has 1 aromatic heterocycles. The number of thiophene rings is 1. The van der Waals surface area contributed by atoms with E-state index in [1.807, 2.05) is 32.0 Å². The third-order valence-corrected chi connectivity index (χ3v) is 6.35. The first-order chi connectivity index (χ1) is 15.6. The summed E-state index contributed by atoms with van der Waals surface area (Å²) < 4.78 is 11.2. The molecule has 1 saturated heterocycles. The molecule has 1 aliphatic rings. The van der Waals surface area contributed by atoms with Gasteiger partial charge in [-0.1, -0.05) is 6.07 Å². The van der Waals surface area contributed by atoms with Gasteiger partial charge in [0.15, 0.2) is 0 Å². The van der Waals surface area contributed by atoms with Gasteiger partial charge >= 0.3 is 0 Å². The molecular weight excluding hydrogens is 426 g/mol. The van der Waals surface area contributed by atoms with Crippen molar-refractivity contribution in [2.24, 2.45) is 5.92 Å². The van der Waals surface area contributed by atoms with Crippen LogP contribution >= 0.6 is 11.3 Å². The number of hydrogen-bond acceptors (Lipinski definition) is 6. The van der Waals surface area contributed by atoms with Crippen molar-refractivity contribution in [3.05, 3.63) is 40.6 Å². The van der Waals surface area contributed by atoms with Gasteiger partial charge in [-0.2, -0.15) is 0 Å². The fourth-order valence-electron chi connectivity index (χ4n) is 3.80. The van der Waals surface area contributed by atoms with Crippen molar-refractivity contribution in [3.63, 3.8) is 0 Å². The Morgan fingerprint density at radius 2 is 1.91 bits per heavy atom. The average molecular weight is 460 g/mol. The van der Waals surface area contributed by atoms with Gasteiger partial charge in [-0.05, 0) is 69.8 Å². The summed E-state index contributed by atoms with van der Waals surface area (Å²) in [4.78, 5) is 28.5. The molecule has 0 aliphatic carbocycles. The first-order valence-electron chi connectivity index (χ1n) is 11.3. The molecule has 0 spiro atoms. The Labute approximate surface area is 194 Å². The lowest BCUT2D eigenvalue weighted by Gasteiger charge is -2.30. The lowest BCUT2D eigenvalue weighted by Crippen LogP contribution is -2.43. The fourth-order valence-corrected chi connectivity index (χ4v) is 4.51. The van der Waals surface area contributed by atoms with E-state index in [4.69, 9.17) is 9.47 Å². The summed E-state index contributed by atoms with van der Waals surface area (Å²) >= 11 is 1.71. The Morgan fingerprint density at radius 1 is 1.12 bits per heavy atom. The smallest absolute Gasteiger partial charge is 0.238 e. The highest BCUT2D eigenvalue weighted by Crippen LogP contribution is 2.29. The van der Waals surface area contributed by atoms with Crippen LogP contribution in [-0.4, -0.2) is 56.1 Å². The molecule has 2 N–H and O–H groups in total. The number of carbonyl (C=O) groups is 2. The van der Waals surface area contributed by atoms with Crippen molar-refractivity contribution in [2.45, 2.75) is 33.1 Å². The predicted molar refractivity (Wildman–Crippen MR) is 128 cm³/mol. The van der Waals surface area contributed by atoms with E-state index in [1.165, 1.54) is 4.88 Å². The summed E-state index contributed by atoms with van der Waals surface area (Å²) in [6.45, 7) is 7.31. The van der Waals surface area contributed by atoms with E-state index in [1.54, 1.807) is 17.4 Å². The number of anilines is 1. The van der Waals surface area contributed by atoms with Gasteiger partial charge in [0, 0.05) is 23.4 Å². The molecule has 3 rings (SSSR count). The van der Waals surface area contributed by atoms with Gasteiger partial charge in [-0.25, -0.2) is 0 Å². The highest BCUT2D eigenvalue weighted by atomic mass is 32.1. The molecule has 1 aliphatic heterocycles. The highest BCUT2D eigenvalue weighted by Gasteiger charge is 2.26. The van der Waals surface area contributed by atoms with Crippen LogP contribution in [0.1, 0.15) is 31.6 Å². The minimum absolute atomic E-state index is 0.0186. The normalized spacial score (nSPS) is 14.7. The third kappa shape index (κ3) is 7.24. The van der Waals surface area contributed by atoms with Crippen molar-refractivity contribution in [3.8, 4) is 11.5 Å². The van der Waals surface area contributed by atoms with E-state index in [2.05, 4.69) is 27.0 Å². The summed E-state index contributed by atoms with van der Waals surface area (Å²) in [7, 11) is 0. The van der Waals surface area contributed by atoms with Crippen LogP contribution in [0.2, 0.25) is 0 Å². The lowest BCUT2D eigenvalue weighted by molar-refractivity contribution is -0.126. The number of piperidine rings is 1. The van der Waals surface area contributed by atoms with E-state index in [0.29, 0.717) is 36.9 Å². The van der Waals surface area contributed by atoms with Gasteiger partial charge in [0.1, 0.15) is 11.5 Å². The second-order valence-corrected chi connectivity index (χ2v) is 8.78. The molecule has 2 amide bonds. The summed E-state index contributed by atoms with van der Waals surface area (Å²) in [5.74, 6) is 1.36. The number of rotatable bonds is 11. The summed E-state index contributed by atoms with van der Waals surface area (Å²) in [5.41, 5.74) is 0.614. The molecule has 0 atom stereocenters. The SMILES string of the molecule is CCOc1ccc(OCC)c(NC(=O)CN2CCC(C(=O)NCCc3cccs3)CC2)c1. The Balaban J connectivity index is 1.43. The molecule has 1 fully saturated rings. The molecule has 1 aromatic carbocycles. The summed E-state index contributed by atoms with van der Waals surface area (Å²) in [6.07, 6.45) is 2.40. The topological polar surface area (TPSA) is 79.9 Å². The van der Waals surface area contributed by atoms with Crippen LogP contribution in [-0.2, 0) is 16.0 Å². The molecule has 0 radical (unpaired) electrons. The van der Waals surface area contributed by atoms with E-state index >= 15 is 0 Å². The molecule has 0 bridgehead atoms. The van der Waals surface area contributed by atoms with Gasteiger partial charge in [-0.15, -0.1) is 11.3 Å². The van der Waals surface area contributed by atoms with E-state index in [0.717, 1.165) is 32.4 Å². The molecular formula is C24H33N3O4S. The minimum atomic E-state index is -0.0987. The van der Waals surface area contributed by atoms with Crippen molar-refractivity contribution in [1.82, 2.24) is 10.2 Å². The summed E-state index contributed by atoms with van der Waals surface area (Å²) in [6, 6.07) is 9.55. The van der Waals surface area contributed by atoms with Crippen LogP contribution in [0.3, 0.4) is 0 Å². The van der Waals surface area contributed by atoms with Crippen LogP contribution < -0.4 is 20.1 Å². The highest BCUT2D eigenvalue weighted by molar-refractivity contribution is 7.09. The van der Waals surface area contributed by atoms with Crippen molar-refractivity contribution >= 4 is 28.8 Å². The van der Waals surface area contributed by atoms with Gasteiger partial charge in [0.05, 0.1) is 25.4 Å². The number of amides is 2. The monoisotopic (exact) mass is 459 g/mol. The number of benzene rings is 1. The number of likely N-dealkylation sites (tertiary alicyclic amines) is 1. The number of hydrogen-bond donors (Lipinski definition) is 2. The molecule has 2 aromatic rings. The Hall–Kier alpha value is -2.58. The zero-order valence-electron chi connectivity index (χ0n) is 18.9. The standard InChI is InChI=1S/C24H33N3O4S/c1-3-30-19-7-8-22(31-4-2)21(16-19)26-23(28)17-27-13-10-18(11-14-27)24(29)25-12-9-20-6-5-15-32-20/h5-8,15-16,18H,3-4,9-14,17H2,1-2H3,(H,25,29)(H,26,28).